The molecule has 0 N–H and O–H groups in total. The Morgan fingerprint density at radius 2 is 1.60 bits per heavy atom. The third kappa shape index (κ3) is 3.81. The number of allylic oxidation sites excluding steroid dienone is 1. The molecule has 15 heavy (non-hydrogen) atoms. The number of hydrogen-bond donors (Lipinski definition) is 0. The van der Waals surface area contributed by atoms with Crippen LogP contribution in [-0.4, -0.2) is 28.6 Å². The standard InChI is InChI=1S/C10H15IO4/c1-4-7-10(11,8(12)14-5-2)9(13)15-6-3/h4,7H,5-6H2,1-3H3. The van der Waals surface area contributed by atoms with Gasteiger partial charge in [-0.15, -0.1) is 0 Å². The molecule has 0 aliphatic rings. The van der Waals surface area contributed by atoms with Gasteiger partial charge in [0, 0.05) is 0 Å². The van der Waals surface area contributed by atoms with Crippen LogP contribution in [0.3, 0.4) is 0 Å². The summed E-state index contributed by atoms with van der Waals surface area (Å²) in [5.74, 6) is -1.19. The molecule has 86 valence electrons. The Morgan fingerprint density at radius 1 is 1.20 bits per heavy atom. The Hall–Kier alpha value is -0.590. The highest BCUT2D eigenvalue weighted by Crippen LogP contribution is 2.25. The minimum Gasteiger partial charge on any atom is -0.464 e. The minimum absolute atomic E-state index is 0.237. The average Bonchev–Trinajstić information content (AvgIpc) is 2.18. The molecule has 0 radical (unpaired) electrons. The van der Waals surface area contributed by atoms with E-state index in [-0.39, 0.29) is 13.2 Å². The molecule has 0 heterocycles. The molecule has 0 rings (SSSR count). The normalized spacial score (nSPS) is 11.5. The molecule has 0 aromatic carbocycles. The first-order valence-corrected chi connectivity index (χ1v) is 5.78. The molecule has 0 bridgehead atoms. The fraction of sp³-hybridized carbons (Fsp3) is 0.600. The largest absolute Gasteiger partial charge is 0.464 e. The molecule has 0 saturated heterocycles. The van der Waals surface area contributed by atoms with Crippen molar-refractivity contribution in [2.75, 3.05) is 13.2 Å². The predicted octanol–water partition coefficient (Wildman–Crippen LogP) is 1.86. The fourth-order valence-electron chi connectivity index (χ4n) is 0.921. The Balaban J connectivity index is 4.87. The molecule has 0 saturated carbocycles. The summed E-state index contributed by atoms with van der Waals surface area (Å²) in [6.07, 6.45) is 3.10. The molecular weight excluding hydrogens is 311 g/mol. The second-order valence-corrected chi connectivity index (χ2v) is 4.35. The zero-order chi connectivity index (χ0) is 11.9. The number of rotatable bonds is 5. The zero-order valence-corrected chi connectivity index (χ0v) is 11.2. The molecular formula is C10H15IO4. The number of alkyl halides is 1. The maximum atomic E-state index is 11.6. The molecule has 0 aromatic heterocycles. The van der Waals surface area contributed by atoms with Crippen LogP contribution in [-0.2, 0) is 19.1 Å². The maximum Gasteiger partial charge on any atom is 0.337 e. The predicted molar refractivity (Wildman–Crippen MR) is 64.8 cm³/mol. The van der Waals surface area contributed by atoms with Crippen molar-refractivity contribution in [2.24, 2.45) is 0 Å². The highest BCUT2D eigenvalue weighted by atomic mass is 127. The smallest absolute Gasteiger partial charge is 0.337 e. The number of ether oxygens (including phenoxy) is 2. The molecule has 0 amide bonds. The molecule has 0 aliphatic carbocycles. The van der Waals surface area contributed by atoms with Crippen molar-refractivity contribution in [1.82, 2.24) is 0 Å². The van der Waals surface area contributed by atoms with Gasteiger partial charge in [-0.1, -0.05) is 12.2 Å². The number of carbonyl (C=O) groups is 2. The van der Waals surface area contributed by atoms with Crippen LogP contribution >= 0.6 is 22.6 Å². The molecule has 0 unspecified atom stereocenters. The van der Waals surface area contributed by atoms with Gasteiger partial charge in [0.2, 0.25) is 3.42 Å². The monoisotopic (exact) mass is 326 g/mol. The van der Waals surface area contributed by atoms with Crippen molar-refractivity contribution in [2.45, 2.75) is 24.2 Å². The van der Waals surface area contributed by atoms with E-state index in [1.807, 2.05) is 0 Å². The number of esters is 2. The Morgan fingerprint density at radius 3 is 1.87 bits per heavy atom. The van der Waals surface area contributed by atoms with Crippen LogP contribution in [0.4, 0.5) is 0 Å². The van der Waals surface area contributed by atoms with Gasteiger partial charge in [0.15, 0.2) is 0 Å². The van der Waals surface area contributed by atoms with Crippen molar-refractivity contribution < 1.29 is 19.1 Å². The van der Waals surface area contributed by atoms with Crippen molar-refractivity contribution in [3.05, 3.63) is 12.2 Å². The topological polar surface area (TPSA) is 52.6 Å². The Labute approximate surface area is 103 Å². The summed E-state index contributed by atoms with van der Waals surface area (Å²) < 4.78 is 8.29. The van der Waals surface area contributed by atoms with E-state index in [0.717, 1.165) is 0 Å². The van der Waals surface area contributed by atoms with E-state index in [0.29, 0.717) is 0 Å². The first-order valence-electron chi connectivity index (χ1n) is 4.70. The first-order chi connectivity index (χ1) is 7.02. The summed E-state index contributed by atoms with van der Waals surface area (Å²) in [6, 6.07) is 0. The van der Waals surface area contributed by atoms with Gasteiger partial charge in [-0.2, -0.15) is 0 Å². The summed E-state index contributed by atoms with van der Waals surface area (Å²) in [6.45, 7) is 5.58. The molecule has 4 nitrogen and oxygen atoms in total. The third-order valence-corrected chi connectivity index (χ3v) is 2.78. The second kappa shape index (κ2) is 6.81. The quantitative estimate of drug-likeness (QED) is 0.254. The van der Waals surface area contributed by atoms with Gasteiger partial charge in [0.05, 0.1) is 13.2 Å². The lowest BCUT2D eigenvalue weighted by Crippen LogP contribution is -2.41. The molecule has 0 aromatic rings. The SMILES string of the molecule is CC=CC(I)(C(=O)OCC)C(=O)OCC. The summed E-state index contributed by atoms with van der Waals surface area (Å²) in [5.41, 5.74) is 0. The molecule has 5 heteroatoms. The van der Waals surface area contributed by atoms with Crippen molar-refractivity contribution in [3.8, 4) is 0 Å². The van der Waals surface area contributed by atoms with Crippen LogP contribution in [0.1, 0.15) is 20.8 Å². The summed E-state index contributed by atoms with van der Waals surface area (Å²) in [7, 11) is 0. The highest BCUT2D eigenvalue weighted by Gasteiger charge is 2.43. The van der Waals surface area contributed by atoms with Crippen LogP contribution in [0.15, 0.2) is 12.2 Å². The van der Waals surface area contributed by atoms with Crippen LogP contribution in [0.2, 0.25) is 0 Å². The second-order valence-electron chi connectivity index (χ2n) is 2.65. The highest BCUT2D eigenvalue weighted by molar-refractivity contribution is 14.1. The maximum absolute atomic E-state index is 11.6. The van der Waals surface area contributed by atoms with Gasteiger partial charge in [-0.25, -0.2) is 9.59 Å². The number of carbonyl (C=O) groups excluding carboxylic acids is 2. The van der Waals surface area contributed by atoms with Gasteiger partial charge in [0.1, 0.15) is 0 Å². The van der Waals surface area contributed by atoms with E-state index < -0.39 is 15.4 Å². The number of hydrogen-bond acceptors (Lipinski definition) is 4. The van der Waals surface area contributed by atoms with Gasteiger partial charge in [0.25, 0.3) is 0 Å². The average molecular weight is 326 g/mol. The van der Waals surface area contributed by atoms with E-state index >= 15 is 0 Å². The van der Waals surface area contributed by atoms with Gasteiger partial charge >= 0.3 is 11.9 Å². The molecule has 0 atom stereocenters. The first kappa shape index (κ1) is 14.4. The van der Waals surface area contributed by atoms with E-state index in [1.165, 1.54) is 6.08 Å². The third-order valence-electron chi connectivity index (χ3n) is 1.54. The van der Waals surface area contributed by atoms with E-state index in [9.17, 15) is 9.59 Å². The lowest BCUT2D eigenvalue weighted by Gasteiger charge is -2.19. The van der Waals surface area contributed by atoms with E-state index in [1.54, 1.807) is 49.4 Å². The summed E-state index contributed by atoms with van der Waals surface area (Å²) in [4.78, 5) is 23.2. The van der Waals surface area contributed by atoms with Gasteiger partial charge < -0.3 is 9.47 Å². The Bertz CT molecular complexity index is 242. The van der Waals surface area contributed by atoms with Crippen LogP contribution < -0.4 is 0 Å². The Kier molecular flexibility index (Phi) is 6.55. The molecule has 0 spiro atoms. The minimum atomic E-state index is -1.36. The van der Waals surface area contributed by atoms with Gasteiger partial charge in [-0.3, -0.25) is 0 Å². The van der Waals surface area contributed by atoms with Crippen LogP contribution in [0.25, 0.3) is 0 Å². The molecule has 0 aliphatic heterocycles. The van der Waals surface area contributed by atoms with E-state index in [2.05, 4.69) is 0 Å². The summed E-state index contributed by atoms with van der Waals surface area (Å²) >= 11 is 1.74. The van der Waals surface area contributed by atoms with Crippen LogP contribution in [0, 0.1) is 0 Å². The van der Waals surface area contributed by atoms with Crippen molar-refractivity contribution in [1.29, 1.82) is 0 Å². The number of halogens is 1. The lowest BCUT2D eigenvalue weighted by atomic mass is 10.1. The fourth-order valence-corrected chi connectivity index (χ4v) is 1.59. The van der Waals surface area contributed by atoms with E-state index in [4.69, 9.17) is 9.47 Å². The lowest BCUT2D eigenvalue weighted by molar-refractivity contribution is -0.155. The van der Waals surface area contributed by atoms with Crippen LogP contribution in [0.5, 0.6) is 0 Å². The zero-order valence-electron chi connectivity index (χ0n) is 9.08. The summed E-state index contributed by atoms with van der Waals surface area (Å²) in [5, 5.41) is 0. The molecule has 0 fully saturated rings. The van der Waals surface area contributed by atoms with Crippen molar-refractivity contribution in [3.63, 3.8) is 0 Å². The van der Waals surface area contributed by atoms with Gasteiger partial charge in [-0.05, 0) is 43.4 Å². The van der Waals surface area contributed by atoms with Crippen molar-refractivity contribution >= 4 is 34.5 Å².